The number of likely N-dealkylation sites (N-methyl/N-ethyl adjacent to an activating group) is 1. The minimum absolute atomic E-state index is 0.268. The maximum atomic E-state index is 12.1. The van der Waals surface area contributed by atoms with Gasteiger partial charge in [0.2, 0.25) is 10.0 Å². The second-order valence-corrected chi connectivity index (χ2v) is 8.09. The summed E-state index contributed by atoms with van der Waals surface area (Å²) < 4.78 is 34.1. The van der Waals surface area contributed by atoms with Crippen LogP contribution in [0.1, 0.15) is 12.8 Å². The van der Waals surface area contributed by atoms with Gasteiger partial charge in [0, 0.05) is 59.8 Å². The fourth-order valence-corrected chi connectivity index (χ4v) is 3.39. The zero-order chi connectivity index (χ0) is 18.3. The summed E-state index contributed by atoms with van der Waals surface area (Å²) in [6.07, 6.45) is 5.86. The van der Waals surface area contributed by atoms with Crippen molar-refractivity contribution in [1.29, 1.82) is 0 Å². The minimum atomic E-state index is -3.47. The molecule has 1 aliphatic rings. The molecule has 1 aromatic rings. The van der Waals surface area contributed by atoms with E-state index in [2.05, 4.69) is 15.0 Å². The number of nitrogens with zero attached hydrogens (tertiary/aromatic N) is 3. The van der Waals surface area contributed by atoms with Gasteiger partial charge in [0.25, 0.3) is 0 Å². The Morgan fingerprint density at radius 3 is 2.80 bits per heavy atom. The first-order valence-electron chi connectivity index (χ1n) is 8.53. The van der Waals surface area contributed by atoms with E-state index in [9.17, 15) is 8.42 Å². The number of ether oxygens (including phenoxy) is 1. The van der Waals surface area contributed by atoms with Crippen molar-refractivity contribution < 1.29 is 13.2 Å². The molecular weight excluding hydrogens is 342 g/mol. The highest BCUT2D eigenvalue weighted by molar-refractivity contribution is 7.89. The molecule has 2 rings (SSSR count). The Morgan fingerprint density at radius 2 is 2.20 bits per heavy atom. The van der Waals surface area contributed by atoms with Gasteiger partial charge in [0.05, 0.1) is 11.5 Å². The normalized spacial score (nSPS) is 15.4. The number of rotatable bonds is 10. The van der Waals surface area contributed by atoms with Crippen LogP contribution in [-0.2, 0) is 21.8 Å². The quantitative estimate of drug-likeness (QED) is 0.349. The number of guanidine groups is 1. The van der Waals surface area contributed by atoms with E-state index in [0.29, 0.717) is 19.1 Å². The molecule has 8 nitrogen and oxygen atoms in total. The van der Waals surface area contributed by atoms with Gasteiger partial charge in [-0.25, -0.2) is 13.1 Å². The average Bonchev–Trinajstić information content (AvgIpc) is 3.29. The van der Waals surface area contributed by atoms with Gasteiger partial charge in [0.15, 0.2) is 5.96 Å². The van der Waals surface area contributed by atoms with Crippen LogP contribution in [0.15, 0.2) is 28.3 Å². The standard InChI is InChI=1S/C16H29N5O3S/c1-17-16(21(3)10-11-24-13-14-4-5-14)18-7-8-19-25(22,23)15-6-9-20(2)12-15/h6,9,12,14,19H,4-5,7-8,10-11,13H2,1-3H3,(H,17,18). The number of nitrogens with one attached hydrogen (secondary N) is 2. The highest BCUT2D eigenvalue weighted by atomic mass is 32.2. The zero-order valence-electron chi connectivity index (χ0n) is 15.2. The molecule has 0 bridgehead atoms. The molecule has 9 heteroatoms. The summed E-state index contributed by atoms with van der Waals surface area (Å²) in [5, 5.41) is 3.15. The number of aliphatic imine (C=N–C) groups is 1. The first-order chi connectivity index (χ1) is 11.9. The van der Waals surface area contributed by atoms with Crippen LogP contribution in [0.5, 0.6) is 0 Å². The topological polar surface area (TPSA) is 88.0 Å². The van der Waals surface area contributed by atoms with Gasteiger partial charge in [-0.15, -0.1) is 0 Å². The summed E-state index contributed by atoms with van der Waals surface area (Å²) in [6.45, 7) is 2.98. The number of hydrogen-bond donors (Lipinski definition) is 2. The lowest BCUT2D eigenvalue weighted by atomic mass is 10.5. The molecule has 1 aromatic heterocycles. The van der Waals surface area contributed by atoms with Gasteiger partial charge in [-0.2, -0.15) is 0 Å². The molecule has 142 valence electrons. The predicted molar refractivity (Wildman–Crippen MR) is 98.1 cm³/mol. The summed E-state index contributed by atoms with van der Waals surface area (Å²) in [6, 6.07) is 1.57. The molecule has 0 radical (unpaired) electrons. The molecule has 1 aliphatic carbocycles. The van der Waals surface area contributed by atoms with Crippen LogP contribution in [0.25, 0.3) is 0 Å². The largest absolute Gasteiger partial charge is 0.379 e. The van der Waals surface area contributed by atoms with Crippen LogP contribution in [-0.4, -0.2) is 70.8 Å². The monoisotopic (exact) mass is 371 g/mol. The molecular formula is C16H29N5O3S. The molecule has 0 saturated heterocycles. The Labute approximate surface area is 150 Å². The van der Waals surface area contributed by atoms with Crippen molar-refractivity contribution in [2.24, 2.45) is 18.0 Å². The summed E-state index contributed by atoms with van der Waals surface area (Å²) in [5.74, 6) is 1.48. The lowest BCUT2D eigenvalue weighted by molar-refractivity contribution is 0.115. The van der Waals surface area contributed by atoms with Crippen LogP contribution >= 0.6 is 0 Å². The third-order valence-electron chi connectivity index (χ3n) is 4.01. The van der Waals surface area contributed by atoms with Crippen molar-refractivity contribution in [1.82, 2.24) is 19.5 Å². The molecule has 0 unspecified atom stereocenters. The van der Waals surface area contributed by atoms with Crippen LogP contribution in [0.3, 0.4) is 0 Å². The zero-order valence-corrected chi connectivity index (χ0v) is 16.1. The fraction of sp³-hybridized carbons (Fsp3) is 0.688. The smallest absolute Gasteiger partial charge is 0.242 e. The Balaban J connectivity index is 1.65. The van der Waals surface area contributed by atoms with Crippen molar-refractivity contribution in [3.05, 3.63) is 18.5 Å². The molecule has 1 fully saturated rings. The van der Waals surface area contributed by atoms with Gasteiger partial charge in [-0.05, 0) is 24.8 Å². The second-order valence-electron chi connectivity index (χ2n) is 6.32. The molecule has 1 heterocycles. The lowest BCUT2D eigenvalue weighted by Crippen LogP contribution is -2.43. The van der Waals surface area contributed by atoms with E-state index < -0.39 is 10.0 Å². The molecule has 25 heavy (non-hydrogen) atoms. The van der Waals surface area contributed by atoms with E-state index in [1.54, 1.807) is 37.1 Å². The van der Waals surface area contributed by atoms with Crippen LogP contribution in [0.4, 0.5) is 0 Å². The summed E-state index contributed by atoms with van der Waals surface area (Å²) >= 11 is 0. The fourth-order valence-electron chi connectivity index (χ4n) is 2.31. The van der Waals surface area contributed by atoms with Crippen LogP contribution in [0.2, 0.25) is 0 Å². The van der Waals surface area contributed by atoms with Crippen molar-refractivity contribution in [2.75, 3.05) is 46.9 Å². The summed E-state index contributed by atoms with van der Waals surface area (Å²) in [7, 11) is 1.96. The molecule has 2 N–H and O–H groups in total. The highest BCUT2D eigenvalue weighted by Gasteiger charge is 2.21. The Bertz CT molecular complexity index is 667. The van der Waals surface area contributed by atoms with Crippen molar-refractivity contribution in [3.8, 4) is 0 Å². The predicted octanol–water partition coefficient (Wildman–Crippen LogP) is 0.237. The van der Waals surface area contributed by atoms with Gasteiger partial charge < -0.3 is 19.5 Å². The number of hydrogen-bond acceptors (Lipinski definition) is 4. The average molecular weight is 372 g/mol. The van der Waals surface area contributed by atoms with Gasteiger partial charge in [0.1, 0.15) is 0 Å². The third kappa shape index (κ3) is 6.68. The molecule has 1 saturated carbocycles. The van der Waals surface area contributed by atoms with E-state index >= 15 is 0 Å². The first-order valence-corrected chi connectivity index (χ1v) is 10.0. The minimum Gasteiger partial charge on any atom is -0.379 e. The molecule has 0 aliphatic heterocycles. The number of aryl methyl sites for hydroxylation is 1. The highest BCUT2D eigenvalue weighted by Crippen LogP contribution is 2.28. The Kier molecular flexibility index (Phi) is 7.27. The Hall–Kier alpha value is -1.58. The number of sulfonamides is 1. The van der Waals surface area contributed by atoms with Gasteiger partial charge in [-0.3, -0.25) is 4.99 Å². The third-order valence-corrected chi connectivity index (χ3v) is 5.46. The van der Waals surface area contributed by atoms with E-state index in [1.807, 2.05) is 11.9 Å². The summed E-state index contributed by atoms with van der Waals surface area (Å²) in [4.78, 5) is 6.44. The van der Waals surface area contributed by atoms with E-state index in [0.717, 1.165) is 19.1 Å². The molecule has 0 aromatic carbocycles. The maximum Gasteiger partial charge on any atom is 0.242 e. The maximum absolute atomic E-state index is 12.1. The lowest BCUT2D eigenvalue weighted by Gasteiger charge is -2.22. The second kappa shape index (κ2) is 9.21. The first kappa shape index (κ1) is 19.7. The van der Waals surface area contributed by atoms with Crippen molar-refractivity contribution in [3.63, 3.8) is 0 Å². The van der Waals surface area contributed by atoms with Crippen molar-refractivity contribution >= 4 is 16.0 Å². The Morgan fingerprint density at radius 1 is 1.44 bits per heavy atom. The van der Waals surface area contributed by atoms with E-state index in [1.165, 1.54) is 12.8 Å². The number of aromatic nitrogens is 1. The molecule has 0 spiro atoms. The molecule has 0 atom stereocenters. The molecule has 0 amide bonds. The van der Waals surface area contributed by atoms with Crippen molar-refractivity contribution in [2.45, 2.75) is 17.7 Å². The summed E-state index contributed by atoms with van der Waals surface area (Å²) in [5.41, 5.74) is 0. The van der Waals surface area contributed by atoms with E-state index in [-0.39, 0.29) is 11.4 Å². The van der Waals surface area contributed by atoms with Crippen LogP contribution < -0.4 is 10.0 Å². The van der Waals surface area contributed by atoms with Crippen LogP contribution in [0, 0.1) is 5.92 Å². The van der Waals surface area contributed by atoms with E-state index in [4.69, 9.17) is 4.74 Å². The SMILES string of the molecule is CN=C(NCCNS(=O)(=O)c1ccn(C)c1)N(C)CCOCC1CC1. The van der Waals surface area contributed by atoms with Gasteiger partial charge >= 0.3 is 0 Å². The van der Waals surface area contributed by atoms with Gasteiger partial charge in [-0.1, -0.05) is 0 Å².